The molecule has 136 valence electrons. The summed E-state index contributed by atoms with van der Waals surface area (Å²) in [5.41, 5.74) is -3.91. The summed E-state index contributed by atoms with van der Waals surface area (Å²) in [5, 5.41) is 4.79. The van der Waals surface area contributed by atoms with Crippen molar-refractivity contribution in [3.8, 4) is 0 Å². The molecule has 24 heavy (non-hydrogen) atoms. The first-order valence-electron chi connectivity index (χ1n) is 6.34. The molecule has 0 amide bonds. The largest absolute Gasteiger partial charge is 0.433 e. The first kappa shape index (κ1) is 18.9. The Morgan fingerprint density at radius 2 is 1.96 bits per heavy atom. The second-order valence-electron chi connectivity index (χ2n) is 5.61. The Labute approximate surface area is 138 Å². The van der Waals surface area contributed by atoms with Gasteiger partial charge >= 0.3 is 12.7 Å². The number of sulfone groups is 1. The topological polar surface area (TPSA) is 73.5 Å². The van der Waals surface area contributed by atoms with Gasteiger partial charge in [0.1, 0.15) is 5.60 Å². The fourth-order valence-corrected chi connectivity index (χ4v) is 3.91. The van der Waals surface area contributed by atoms with Gasteiger partial charge < -0.3 is 4.84 Å². The van der Waals surface area contributed by atoms with Crippen LogP contribution in [0.3, 0.4) is 0 Å². The summed E-state index contributed by atoms with van der Waals surface area (Å²) < 4.78 is 88.5. The number of hydrogen-bond donors (Lipinski definition) is 0. The second kappa shape index (κ2) is 5.83. The minimum absolute atomic E-state index is 0.169. The normalized spacial score (nSPS) is 18.0. The van der Waals surface area contributed by atoms with E-state index in [0.29, 0.717) is 0 Å². The average molecular weight is 396 g/mol. The Kier molecular flexibility index (Phi) is 4.59. The Hall–Kier alpha value is -1.43. The van der Waals surface area contributed by atoms with Crippen molar-refractivity contribution in [1.82, 2.24) is 9.78 Å². The van der Waals surface area contributed by atoms with Crippen LogP contribution in [0.2, 0.25) is 5.15 Å². The van der Waals surface area contributed by atoms with Crippen LogP contribution in [0.4, 0.5) is 22.0 Å². The van der Waals surface area contributed by atoms with E-state index in [9.17, 15) is 30.4 Å². The van der Waals surface area contributed by atoms with E-state index < -0.39 is 60.1 Å². The summed E-state index contributed by atoms with van der Waals surface area (Å²) in [7, 11) is -4.36. The molecule has 1 aliphatic heterocycles. The van der Waals surface area contributed by atoms with Gasteiger partial charge in [0.05, 0.1) is 5.75 Å². The first-order chi connectivity index (χ1) is 10.7. The molecule has 0 aliphatic carbocycles. The molecule has 0 saturated carbocycles. The monoisotopic (exact) mass is 395 g/mol. The van der Waals surface area contributed by atoms with Crippen LogP contribution in [-0.4, -0.2) is 28.8 Å². The van der Waals surface area contributed by atoms with Crippen molar-refractivity contribution in [2.45, 2.75) is 44.3 Å². The molecule has 0 atom stereocenters. The van der Waals surface area contributed by atoms with Crippen LogP contribution >= 0.6 is 11.6 Å². The molecule has 0 bridgehead atoms. The summed E-state index contributed by atoms with van der Waals surface area (Å²) in [5.74, 6) is -1.27. The highest BCUT2D eigenvalue weighted by Gasteiger charge is 2.44. The SMILES string of the molecule is CC1(C)CC(S(=O)(=O)Cc2c(Cl)nn(C(F)F)c2C(F)(F)F)=NO1. The molecule has 0 aromatic carbocycles. The number of rotatable bonds is 3. The van der Waals surface area contributed by atoms with Gasteiger partial charge in [-0.15, -0.1) is 0 Å². The smallest absolute Gasteiger partial charge is 0.389 e. The van der Waals surface area contributed by atoms with Gasteiger partial charge in [-0.2, -0.15) is 31.7 Å². The fourth-order valence-electron chi connectivity index (χ4n) is 2.05. The van der Waals surface area contributed by atoms with E-state index in [-0.39, 0.29) is 6.42 Å². The van der Waals surface area contributed by atoms with Crippen LogP contribution in [0.5, 0.6) is 0 Å². The van der Waals surface area contributed by atoms with Gasteiger partial charge in [-0.05, 0) is 13.8 Å². The lowest BCUT2D eigenvalue weighted by atomic mass is 10.1. The molecular weight excluding hydrogens is 385 g/mol. The highest BCUT2D eigenvalue weighted by atomic mass is 35.5. The van der Waals surface area contributed by atoms with E-state index in [4.69, 9.17) is 16.4 Å². The number of halogens is 6. The standard InChI is InChI=1S/C11H11ClF5N3O3S/c1-10(2)3-6(19-23-10)24(21,22)4-5-7(11(15,16)17)20(9(13)14)18-8(5)12/h9H,3-4H2,1-2H3. The van der Waals surface area contributed by atoms with Crippen molar-refractivity contribution in [3.05, 3.63) is 16.4 Å². The van der Waals surface area contributed by atoms with Gasteiger partial charge in [0.25, 0.3) is 0 Å². The quantitative estimate of drug-likeness (QED) is 0.735. The molecule has 13 heteroatoms. The van der Waals surface area contributed by atoms with Crippen molar-refractivity contribution in [2.75, 3.05) is 0 Å². The number of nitrogens with zero attached hydrogens (tertiary/aromatic N) is 3. The van der Waals surface area contributed by atoms with Gasteiger partial charge in [0, 0.05) is 12.0 Å². The van der Waals surface area contributed by atoms with Crippen LogP contribution < -0.4 is 0 Å². The number of hydrogen-bond acceptors (Lipinski definition) is 5. The zero-order valence-corrected chi connectivity index (χ0v) is 13.8. The highest BCUT2D eigenvalue weighted by molar-refractivity contribution is 8.05. The Bertz CT molecular complexity index is 786. The van der Waals surface area contributed by atoms with Crippen molar-refractivity contribution in [1.29, 1.82) is 0 Å². The molecule has 0 N–H and O–H groups in total. The van der Waals surface area contributed by atoms with Gasteiger partial charge in [0.15, 0.2) is 25.7 Å². The summed E-state index contributed by atoms with van der Waals surface area (Å²) in [6.07, 6.45) is -5.44. The van der Waals surface area contributed by atoms with Gasteiger partial charge in [-0.25, -0.2) is 8.42 Å². The predicted octanol–water partition coefficient (Wildman–Crippen LogP) is 3.38. The lowest BCUT2D eigenvalue weighted by Crippen LogP contribution is -2.24. The molecule has 1 aromatic rings. The minimum atomic E-state index is -5.27. The minimum Gasteiger partial charge on any atom is -0.389 e. The Balaban J connectivity index is 2.47. The number of alkyl halides is 5. The summed E-state index contributed by atoms with van der Waals surface area (Å²) in [4.78, 5) is 4.86. The maximum absolute atomic E-state index is 13.1. The fraction of sp³-hybridized carbons (Fsp3) is 0.636. The average Bonchev–Trinajstić information content (AvgIpc) is 2.90. The highest BCUT2D eigenvalue weighted by Crippen LogP contribution is 2.38. The lowest BCUT2D eigenvalue weighted by molar-refractivity contribution is -0.150. The second-order valence-corrected chi connectivity index (χ2v) is 7.96. The van der Waals surface area contributed by atoms with E-state index in [0.717, 1.165) is 0 Å². The summed E-state index contributed by atoms with van der Waals surface area (Å²) in [6.45, 7) is -0.578. The van der Waals surface area contributed by atoms with Crippen LogP contribution in [0.1, 0.15) is 38.1 Å². The maximum Gasteiger partial charge on any atom is 0.433 e. The van der Waals surface area contributed by atoms with E-state index in [1.54, 1.807) is 0 Å². The van der Waals surface area contributed by atoms with Crippen LogP contribution in [0, 0.1) is 0 Å². The first-order valence-corrected chi connectivity index (χ1v) is 8.38. The van der Waals surface area contributed by atoms with Crippen LogP contribution in [-0.2, 0) is 26.6 Å². The molecule has 1 aliphatic rings. The van der Waals surface area contributed by atoms with Crippen molar-refractivity contribution >= 4 is 26.5 Å². The van der Waals surface area contributed by atoms with Crippen LogP contribution in [0.15, 0.2) is 5.16 Å². The lowest BCUT2D eigenvalue weighted by Gasteiger charge is -2.13. The Morgan fingerprint density at radius 1 is 1.38 bits per heavy atom. The molecule has 0 fully saturated rings. The molecule has 1 aromatic heterocycles. The molecular formula is C11H11ClF5N3O3S. The van der Waals surface area contributed by atoms with Crippen LogP contribution in [0.25, 0.3) is 0 Å². The van der Waals surface area contributed by atoms with Crippen molar-refractivity contribution < 1.29 is 35.2 Å². The van der Waals surface area contributed by atoms with E-state index in [1.807, 2.05) is 0 Å². The zero-order valence-electron chi connectivity index (χ0n) is 12.2. The molecule has 2 rings (SSSR count). The summed E-state index contributed by atoms with van der Waals surface area (Å²) in [6, 6.07) is 0. The van der Waals surface area contributed by atoms with Crippen molar-refractivity contribution in [3.63, 3.8) is 0 Å². The van der Waals surface area contributed by atoms with Gasteiger partial charge in [0.2, 0.25) is 0 Å². The van der Waals surface area contributed by atoms with Crippen molar-refractivity contribution in [2.24, 2.45) is 5.16 Å². The Morgan fingerprint density at radius 3 is 2.38 bits per heavy atom. The third kappa shape index (κ3) is 3.63. The maximum atomic E-state index is 13.1. The molecule has 0 unspecified atom stereocenters. The predicted molar refractivity (Wildman–Crippen MR) is 73.3 cm³/mol. The van der Waals surface area contributed by atoms with E-state index in [2.05, 4.69) is 10.3 Å². The third-order valence-corrected chi connectivity index (χ3v) is 4.99. The summed E-state index contributed by atoms with van der Waals surface area (Å²) >= 11 is 5.47. The number of oxime groups is 1. The molecule has 2 heterocycles. The van der Waals surface area contributed by atoms with E-state index in [1.165, 1.54) is 13.8 Å². The van der Waals surface area contributed by atoms with Gasteiger partial charge in [-0.1, -0.05) is 16.8 Å². The molecule has 0 spiro atoms. The zero-order chi connectivity index (χ0) is 18.5. The van der Waals surface area contributed by atoms with Gasteiger partial charge in [-0.3, -0.25) is 0 Å². The number of aromatic nitrogens is 2. The van der Waals surface area contributed by atoms with E-state index >= 15 is 0 Å². The molecule has 6 nitrogen and oxygen atoms in total. The third-order valence-electron chi connectivity index (χ3n) is 3.08. The molecule has 0 radical (unpaired) electrons. The molecule has 0 saturated heterocycles.